The Morgan fingerprint density at radius 1 is 1.75 bits per heavy atom. The van der Waals surface area contributed by atoms with Crippen LogP contribution >= 0.6 is 0 Å². The Balaban J connectivity index is 2.48. The summed E-state index contributed by atoms with van der Waals surface area (Å²) < 4.78 is 6.64. The van der Waals surface area contributed by atoms with Gasteiger partial charge < -0.3 is 15.8 Å². The summed E-state index contributed by atoms with van der Waals surface area (Å²) in [4.78, 5) is 11.5. The quantitative estimate of drug-likeness (QED) is 0.718. The van der Waals surface area contributed by atoms with E-state index in [1.807, 2.05) is 0 Å². The minimum atomic E-state index is -0.205. The first-order valence-corrected chi connectivity index (χ1v) is 5.20. The summed E-state index contributed by atoms with van der Waals surface area (Å²) >= 11 is 0. The normalized spacial score (nSPS) is 12.4. The van der Waals surface area contributed by atoms with E-state index in [0.29, 0.717) is 25.5 Å². The summed E-state index contributed by atoms with van der Waals surface area (Å²) in [5.41, 5.74) is 5.39. The molecule has 0 saturated heterocycles. The zero-order valence-electron chi connectivity index (χ0n) is 9.64. The number of methoxy groups -OCH3 is 1. The SMILES string of the molecule is COCCn1ccc(NC(=O)C(C)CN)n1. The number of hydrogen-bond acceptors (Lipinski definition) is 4. The van der Waals surface area contributed by atoms with Crippen LogP contribution in [0.15, 0.2) is 12.3 Å². The van der Waals surface area contributed by atoms with Gasteiger partial charge in [0.25, 0.3) is 0 Å². The summed E-state index contributed by atoms with van der Waals surface area (Å²) in [6, 6.07) is 1.75. The van der Waals surface area contributed by atoms with Crippen LogP contribution in [-0.4, -0.2) is 35.9 Å². The summed E-state index contributed by atoms with van der Waals surface area (Å²) in [5, 5.41) is 6.87. The molecule has 90 valence electrons. The van der Waals surface area contributed by atoms with Gasteiger partial charge in [-0.15, -0.1) is 0 Å². The van der Waals surface area contributed by atoms with Crippen LogP contribution in [-0.2, 0) is 16.1 Å². The molecule has 1 unspecified atom stereocenters. The van der Waals surface area contributed by atoms with Crippen molar-refractivity contribution in [2.45, 2.75) is 13.5 Å². The summed E-state index contributed by atoms with van der Waals surface area (Å²) in [6.07, 6.45) is 1.79. The number of anilines is 1. The average Bonchev–Trinajstić information content (AvgIpc) is 2.72. The van der Waals surface area contributed by atoms with Gasteiger partial charge in [0.05, 0.1) is 13.2 Å². The van der Waals surface area contributed by atoms with Crippen LogP contribution in [0.25, 0.3) is 0 Å². The molecule has 0 aromatic carbocycles. The van der Waals surface area contributed by atoms with Crippen molar-refractivity contribution in [3.63, 3.8) is 0 Å². The number of carbonyl (C=O) groups is 1. The molecule has 1 heterocycles. The summed E-state index contributed by atoms with van der Waals surface area (Å²) in [5.74, 6) is 0.227. The monoisotopic (exact) mass is 226 g/mol. The van der Waals surface area contributed by atoms with Crippen LogP contribution in [0.2, 0.25) is 0 Å². The molecule has 3 N–H and O–H groups in total. The van der Waals surface area contributed by atoms with Gasteiger partial charge in [-0.2, -0.15) is 5.10 Å². The second-order valence-electron chi connectivity index (χ2n) is 3.58. The molecule has 0 radical (unpaired) electrons. The van der Waals surface area contributed by atoms with Crippen molar-refractivity contribution < 1.29 is 9.53 Å². The number of carbonyl (C=O) groups excluding carboxylic acids is 1. The Morgan fingerprint density at radius 2 is 2.50 bits per heavy atom. The van der Waals surface area contributed by atoms with E-state index >= 15 is 0 Å². The van der Waals surface area contributed by atoms with Crippen molar-refractivity contribution in [1.82, 2.24) is 9.78 Å². The van der Waals surface area contributed by atoms with Gasteiger partial charge in [-0.3, -0.25) is 9.48 Å². The topological polar surface area (TPSA) is 82.2 Å². The van der Waals surface area contributed by atoms with E-state index in [0.717, 1.165) is 0 Å². The standard InChI is InChI=1S/C10H18N4O2/c1-8(7-11)10(15)12-9-3-4-14(13-9)5-6-16-2/h3-4,8H,5-7,11H2,1-2H3,(H,12,13,15). The molecule has 1 amide bonds. The van der Waals surface area contributed by atoms with Crippen LogP contribution in [0.4, 0.5) is 5.82 Å². The molecule has 1 atom stereocenters. The molecular weight excluding hydrogens is 208 g/mol. The Bertz CT molecular complexity index is 337. The van der Waals surface area contributed by atoms with E-state index in [1.54, 1.807) is 31.0 Å². The van der Waals surface area contributed by atoms with Crippen molar-refractivity contribution in [2.24, 2.45) is 11.7 Å². The molecule has 0 saturated carbocycles. The highest BCUT2D eigenvalue weighted by atomic mass is 16.5. The Morgan fingerprint density at radius 3 is 3.12 bits per heavy atom. The zero-order chi connectivity index (χ0) is 12.0. The third-order valence-electron chi connectivity index (χ3n) is 2.22. The molecule has 0 aliphatic rings. The minimum Gasteiger partial charge on any atom is -0.383 e. The molecule has 0 bridgehead atoms. The first-order chi connectivity index (χ1) is 7.67. The lowest BCUT2D eigenvalue weighted by Crippen LogP contribution is -2.26. The molecule has 0 fully saturated rings. The zero-order valence-corrected chi connectivity index (χ0v) is 9.64. The molecule has 6 nitrogen and oxygen atoms in total. The Hall–Kier alpha value is -1.40. The summed E-state index contributed by atoms with van der Waals surface area (Å²) in [6.45, 7) is 3.36. The molecule has 0 aliphatic carbocycles. The smallest absolute Gasteiger partial charge is 0.229 e. The second kappa shape index (κ2) is 6.24. The van der Waals surface area contributed by atoms with Crippen LogP contribution < -0.4 is 11.1 Å². The lowest BCUT2D eigenvalue weighted by molar-refractivity contribution is -0.119. The predicted octanol–water partition coefficient (Wildman–Crippen LogP) is 0.0628. The molecule has 0 aliphatic heterocycles. The van der Waals surface area contributed by atoms with Crippen LogP contribution in [0.5, 0.6) is 0 Å². The van der Waals surface area contributed by atoms with Crippen LogP contribution in [0.1, 0.15) is 6.92 Å². The summed E-state index contributed by atoms with van der Waals surface area (Å²) in [7, 11) is 1.63. The van der Waals surface area contributed by atoms with Crippen LogP contribution in [0, 0.1) is 5.92 Å². The third kappa shape index (κ3) is 3.63. The van der Waals surface area contributed by atoms with Gasteiger partial charge in [0.2, 0.25) is 5.91 Å². The second-order valence-corrected chi connectivity index (χ2v) is 3.58. The van der Waals surface area contributed by atoms with Crippen molar-refractivity contribution in [3.8, 4) is 0 Å². The largest absolute Gasteiger partial charge is 0.383 e. The number of hydrogen-bond donors (Lipinski definition) is 2. The van der Waals surface area contributed by atoms with Gasteiger partial charge in [-0.1, -0.05) is 6.92 Å². The molecule has 1 aromatic rings. The lowest BCUT2D eigenvalue weighted by atomic mass is 10.2. The average molecular weight is 226 g/mol. The first-order valence-electron chi connectivity index (χ1n) is 5.20. The number of nitrogens with two attached hydrogens (primary N) is 1. The number of rotatable bonds is 6. The van der Waals surface area contributed by atoms with Crippen molar-refractivity contribution >= 4 is 11.7 Å². The van der Waals surface area contributed by atoms with Gasteiger partial charge in [0.1, 0.15) is 0 Å². The van der Waals surface area contributed by atoms with E-state index in [2.05, 4.69) is 10.4 Å². The van der Waals surface area contributed by atoms with Gasteiger partial charge in [-0.05, 0) is 0 Å². The Labute approximate surface area is 94.8 Å². The molecular formula is C10H18N4O2. The number of nitrogens with one attached hydrogen (secondary N) is 1. The van der Waals surface area contributed by atoms with Crippen LogP contribution in [0.3, 0.4) is 0 Å². The molecule has 1 rings (SSSR count). The fourth-order valence-electron chi connectivity index (χ4n) is 1.09. The highest BCUT2D eigenvalue weighted by molar-refractivity contribution is 5.91. The number of amides is 1. The number of nitrogens with zero attached hydrogens (tertiary/aromatic N) is 2. The van der Waals surface area contributed by atoms with Crippen molar-refractivity contribution in [1.29, 1.82) is 0 Å². The van der Waals surface area contributed by atoms with E-state index in [9.17, 15) is 4.79 Å². The maximum atomic E-state index is 11.5. The maximum absolute atomic E-state index is 11.5. The van der Waals surface area contributed by atoms with E-state index in [-0.39, 0.29) is 11.8 Å². The van der Waals surface area contributed by atoms with Gasteiger partial charge >= 0.3 is 0 Å². The maximum Gasteiger partial charge on any atom is 0.229 e. The molecule has 6 heteroatoms. The number of aromatic nitrogens is 2. The third-order valence-corrected chi connectivity index (χ3v) is 2.22. The predicted molar refractivity (Wildman–Crippen MR) is 61.0 cm³/mol. The highest BCUT2D eigenvalue weighted by Gasteiger charge is 2.11. The minimum absolute atomic E-state index is 0.112. The molecule has 1 aromatic heterocycles. The van der Waals surface area contributed by atoms with Gasteiger partial charge in [0.15, 0.2) is 5.82 Å². The van der Waals surface area contributed by atoms with E-state index in [1.165, 1.54) is 0 Å². The van der Waals surface area contributed by atoms with Gasteiger partial charge in [-0.25, -0.2) is 0 Å². The number of ether oxygens (including phenoxy) is 1. The van der Waals surface area contributed by atoms with Crippen molar-refractivity contribution in [2.75, 3.05) is 25.6 Å². The fraction of sp³-hybridized carbons (Fsp3) is 0.600. The lowest BCUT2D eigenvalue weighted by Gasteiger charge is -2.07. The first kappa shape index (κ1) is 12.7. The van der Waals surface area contributed by atoms with Gasteiger partial charge in [0, 0.05) is 31.8 Å². The Kier molecular flexibility index (Phi) is 4.94. The molecule has 0 spiro atoms. The van der Waals surface area contributed by atoms with E-state index < -0.39 is 0 Å². The van der Waals surface area contributed by atoms with Crippen molar-refractivity contribution in [3.05, 3.63) is 12.3 Å². The fourth-order valence-corrected chi connectivity index (χ4v) is 1.09. The van der Waals surface area contributed by atoms with E-state index in [4.69, 9.17) is 10.5 Å². The molecule has 16 heavy (non-hydrogen) atoms. The highest BCUT2D eigenvalue weighted by Crippen LogP contribution is 2.04.